The van der Waals surface area contributed by atoms with Crippen LogP contribution < -0.4 is 0 Å². The first-order valence-corrected chi connectivity index (χ1v) is 5.89. The fourth-order valence-electron chi connectivity index (χ4n) is 1.71. The average Bonchev–Trinajstić information content (AvgIpc) is 2.35. The Morgan fingerprint density at radius 1 is 1.24 bits per heavy atom. The molecule has 3 nitrogen and oxygen atoms in total. The zero-order valence-corrected chi connectivity index (χ0v) is 10.3. The number of carboxylic acids is 1. The number of carboxylic acid groups (broad SMARTS) is 1. The maximum atomic E-state index is 11.4. The van der Waals surface area contributed by atoms with Gasteiger partial charge in [0.25, 0.3) is 0 Å². The van der Waals surface area contributed by atoms with Crippen LogP contribution in [0.2, 0.25) is 0 Å². The number of hydrogen-bond donors (Lipinski definition) is 1. The van der Waals surface area contributed by atoms with Gasteiger partial charge >= 0.3 is 5.97 Å². The minimum absolute atomic E-state index is 0.134. The first kappa shape index (κ1) is 13.4. The Balaban J connectivity index is 2.66. The standard InChI is InChI=1S/C14H18O3/c1-3-13(15)12-7-5-11(6-8-12)10(2)4-9-14(16)17/h5-8,10H,3-4,9H2,1-2H3,(H,16,17)/t10-/m0/s1. The molecular formula is C14H18O3. The van der Waals surface area contributed by atoms with Gasteiger partial charge in [0, 0.05) is 18.4 Å². The first-order chi connectivity index (χ1) is 8.04. The lowest BCUT2D eigenvalue weighted by Gasteiger charge is -2.10. The van der Waals surface area contributed by atoms with Gasteiger partial charge in [0.15, 0.2) is 5.78 Å². The molecule has 0 heterocycles. The third kappa shape index (κ3) is 4.02. The number of carbonyl (C=O) groups is 2. The van der Waals surface area contributed by atoms with E-state index in [1.807, 2.05) is 38.1 Å². The summed E-state index contributed by atoms with van der Waals surface area (Å²) in [5.74, 6) is -0.429. The second-order valence-corrected chi connectivity index (χ2v) is 4.23. The molecule has 3 heteroatoms. The molecule has 0 saturated heterocycles. The van der Waals surface area contributed by atoms with Crippen LogP contribution >= 0.6 is 0 Å². The third-order valence-electron chi connectivity index (χ3n) is 2.91. The van der Waals surface area contributed by atoms with Crippen molar-refractivity contribution in [2.24, 2.45) is 0 Å². The van der Waals surface area contributed by atoms with Crippen molar-refractivity contribution in [3.63, 3.8) is 0 Å². The van der Waals surface area contributed by atoms with Crippen molar-refractivity contribution < 1.29 is 14.7 Å². The number of aliphatic carboxylic acids is 1. The van der Waals surface area contributed by atoms with Crippen LogP contribution in [-0.2, 0) is 4.79 Å². The smallest absolute Gasteiger partial charge is 0.303 e. The predicted molar refractivity (Wildman–Crippen MR) is 66.3 cm³/mol. The topological polar surface area (TPSA) is 54.4 Å². The second kappa shape index (κ2) is 6.18. The summed E-state index contributed by atoms with van der Waals surface area (Å²) >= 11 is 0. The van der Waals surface area contributed by atoms with Gasteiger partial charge in [-0.05, 0) is 17.9 Å². The summed E-state index contributed by atoms with van der Waals surface area (Å²) in [5.41, 5.74) is 1.81. The first-order valence-electron chi connectivity index (χ1n) is 5.89. The summed E-state index contributed by atoms with van der Waals surface area (Å²) in [6.45, 7) is 3.84. The Kier molecular flexibility index (Phi) is 4.88. The zero-order valence-electron chi connectivity index (χ0n) is 10.3. The Hall–Kier alpha value is -1.64. The van der Waals surface area contributed by atoms with E-state index in [4.69, 9.17) is 5.11 Å². The summed E-state index contributed by atoms with van der Waals surface area (Å²) in [7, 11) is 0. The zero-order chi connectivity index (χ0) is 12.8. The molecule has 0 fully saturated rings. The highest BCUT2D eigenvalue weighted by Crippen LogP contribution is 2.21. The SMILES string of the molecule is CCC(=O)c1ccc([C@@H](C)CCC(=O)O)cc1. The summed E-state index contributed by atoms with van der Waals surface area (Å²) in [5, 5.41) is 8.61. The lowest BCUT2D eigenvalue weighted by molar-refractivity contribution is -0.137. The average molecular weight is 234 g/mol. The van der Waals surface area contributed by atoms with Crippen molar-refractivity contribution in [2.75, 3.05) is 0 Å². The molecule has 0 aliphatic heterocycles. The monoisotopic (exact) mass is 234 g/mol. The van der Waals surface area contributed by atoms with E-state index in [1.54, 1.807) is 0 Å². The summed E-state index contributed by atoms with van der Waals surface area (Å²) in [6.07, 6.45) is 1.31. The molecule has 1 rings (SSSR count). The van der Waals surface area contributed by atoms with Crippen LogP contribution in [0.4, 0.5) is 0 Å². The van der Waals surface area contributed by atoms with Gasteiger partial charge in [-0.25, -0.2) is 0 Å². The molecule has 0 unspecified atom stereocenters. The Bertz CT molecular complexity index is 392. The van der Waals surface area contributed by atoms with Gasteiger partial charge in [-0.15, -0.1) is 0 Å². The minimum atomic E-state index is -0.769. The molecule has 1 aromatic rings. The van der Waals surface area contributed by atoms with E-state index in [0.717, 1.165) is 11.1 Å². The molecule has 0 amide bonds. The summed E-state index contributed by atoms with van der Waals surface area (Å²) in [6, 6.07) is 7.46. The summed E-state index contributed by atoms with van der Waals surface area (Å²) < 4.78 is 0. The molecule has 17 heavy (non-hydrogen) atoms. The number of ketones is 1. The normalized spacial score (nSPS) is 12.1. The van der Waals surface area contributed by atoms with E-state index >= 15 is 0 Å². The highest BCUT2D eigenvalue weighted by molar-refractivity contribution is 5.95. The van der Waals surface area contributed by atoms with E-state index in [9.17, 15) is 9.59 Å². The molecule has 0 aliphatic carbocycles. The fourth-order valence-corrected chi connectivity index (χ4v) is 1.71. The highest BCUT2D eigenvalue weighted by Gasteiger charge is 2.09. The van der Waals surface area contributed by atoms with Crippen molar-refractivity contribution in [3.8, 4) is 0 Å². The molecule has 0 aromatic heterocycles. The van der Waals surface area contributed by atoms with Crippen molar-refractivity contribution in [2.45, 2.75) is 39.0 Å². The maximum absolute atomic E-state index is 11.4. The number of hydrogen-bond acceptors (Lipinski definition) is 2. The molecule has 1 aromatic carbocycles. The number of benzene rings is 1. The number of Topliss-reactive ketones (excluding diaryl/α,β-unsaturated/α-hetero) is 1. The van der Waals surface area contributed by atoms with Gasteiger partial charge in [0.2, 0.25) is 0 Å². The lowest BCUT2D eigenvalue weighted by atomic mass is 9.94. The van der Waals surface area contributed by atoms with Crippen LogP contribution in [0.5, 0.6) is 0 Å². The van der Waals surface area contributed by atoms with Crippen LogP contribution in [0, 0.1) is 0 Å². The van der Waals surface area contributed by atoms with Crippen LogP contribution in [0.3, 0.4) is 0 Å². The Morgan fingerprint density at radius 3 is 2.29 bits per heavy atom. The molecule has 0 bridgehead atoms. The molecule has 1 atom stereocenters. The largest absolute Gasteiger partial charge is 0.481 e. The van der Waals surface area contributed by atoms with E-state index < -0.39 is 5.97 Å². The Labute approximate surface area is 101 Å². The van der Waals surface area contributed by atoms with E-state index in [0.29, 0.717) is 12.8 Å². The number of rotatable bonds is 6. The molecule has 0 aliphatic rings. The molecule has 0 radical (unpaired) electrons. The van der Waals surface area contributed by atoms with Crippen molar-refractivity contribution in [1.82, 2.24) is 0 Å². The highest BCUT2D eigenvalue weighted by atomic mass is 16.4. The van der Waals surface area contributed by atoms with Gasteiger partial charge in [0.1, 0.15) is 0 Å². The third-order valence-corrected chi connectivity index (χ3v) is 2.91. The van der Waals surface area contributed by atoms with Crippen molar-refractivity contribution in [1.29, 1.82) is 0 Å². The Morgan fingerprint density at radius 2 is 1.82 bits per heavy atom. The van der Waals surface area contributed by atoms with Gasteiger partial charge < -0.3 is 5.11 Å². The van der Waals surface area contributed by atoms with Gasteiger partial charge in [-0.2, -0.15) is 0 Å². The van der Waals surface area contributed by atoms with Crippen LogP contribution in [0.1, 0.15) is 54.9 Å². The lowest BCUT2D eigenvalue weighted by Crippen LogP contribution is -2.01. The maximum Gasteiger partial charge on any atom is 0.303 e. The second-order valence-electron chi connectivity index (χ2n) is 4.23. The predicted octanol–water partition coefficient (Wildman–Crippen LogP) is 3.25. The molecule has 92 valence electrons. The van der Waals surface area contributed by atoms with Crippen molar-refractivity contribution >= 4 is 11.8 Å². The van der Waals surface area contributed by atoms with E-state index in [1.165, 1.54) is 0 Å². The molecule has 1 N–H and O–H groups in total. The number of carbonyl (C=O) groups excluding carboxylic acids is 1. The summed E-state index contributed by atoms with van der Waals surface area (Å²) in [4.78, 5) is 21.9. The van der Waals surface area contributed by atoms with Crippen LogP contribution in [0.15, 0.2) is 24.3 Å². The molecule has 0 spiro atoms. The van der Waals surface area contributed by atoms with E-state index in [-0.39, 0.29) is 18.1 Å². The van der Waals surface area contributed by atoms with Gasteiger partial charge in [-0.3, -0.25) is 9.59 Å². The van der Waals surface area contributed by atoms with Gasteiger partial charge in [-0.1, -0.05) is 38.1 Å². The van der Waals surface area contributed by atoms with Crippen molar-refractivity contribution in [3.05, 3.63) is 35.4 Å². The van der Waals surface area contributed by atoms with Crippen LogP contribution in [-0.4, -0.2) is 16.9 Å². The fraction of sp³-hybridized carbons (Fsp3) is 0.429. The van der Waals surface area contributed by atoms with Crippen LogP contribution in [0.25, 0.3) is 0 Å². The quantitative estimate of drug-likeness (QED) is 0.769. The minimum Gasteiger partial charge on any atom is -0.481 e. The van der Waals surface area contributed by atoms with E-state index in [2.05, 4.69) is 0 Å². The van der Waals surface area contributed by atoms with Gasteiger partial charge in [0.05, 0.1) is 0 Å². The molecular weight excluding hydrogens is 216 g/mol. The molecule has 0 saturated carbocycles.